The molecule has 0 unspecified atom stereocenters. The van der Waals surface area contributed by atoms with Crippen LogP contribution in [-0.2, 0) is 9.84 Å². The van der Waals surface area contributed by atoms with Gasteiger partial charge in [-0.25, -0.2) is 13.4 Å². The minimum Gasteiger partial charge on any atom is -0.393 e. The van der Waals surface area contributed by atoms with Gasteiger partial charge in [0.05, 0.1) is 17.3 Å². The summed E-state index contributed by atoms with van der Waals surface area (Å²) in [5, 5.41) is 16.5. The molecule has 0 bridgehead atoms. The topological polar surface area (TPSA) is 122 Å². The summed E-state index contributed by atoms with van der Waals surface area (Å²) in [7, 11) is -3.37. The molecular weight excluding hydrogens is 496 g/mol. The highest BCUT2D eigenvalue weighted by Gasteiger charge is 2.28. The number of aromatic nitrogens is 4. The molecule has 3 aromatic rings. The number of sulfone groups is 1. The zero-order chi connectivity index (χ0) is 22.5. The number of hydrogen-bond donors (Lipinski definition) is 3. The molecule has 2 saturated carbocycles. The van der Waals surface area contributed by atoms with Gasteiger partial charge in [0.2, 0.25) is 5.95 Å². The molecular formula is C21H25BrN6O3S. The Bertz CT molecular complexity index is 1270. The Morgan fingerprint density at radius 3 is 2.53 bits per heavy atom. The molecule has 0 radical (unpaired) electrons. The summed E-state index contributed by atoms with van der Waals surface area (Å²) in [5.74, 6) is 1.02. The SMILES string of the molecule is CS(=O)(=O)c1cc(Br)cc(Nc2nc(NC3CCC(O)CC3)nc3c2ncn3C2CC2)c1. The minimum absolute atomic E-state index is 0.198. The van der Waals surface area contributed by atoms with Crippen LogP contribution in [-0.4, -0.2) is 51.4 Å². The van der Waals surface area contributed by atoms with Gasteiger partial charge < -0.3 is 20.3 Å². The standard InChI is InChI=1S/C21H25BrN6O3S/c1-32(30,31)17-9-12(22)8-14(10-17)24-19-18-20(28(11-23-18)15-4-5-15)27-21(26-19)25-13-2-6-16(29)7-3-13/h8-11,13,15-16,29H,2-7H2,1H3,(H2,24,25,26,27). The highest BCUT2D eigenvalue weighted by atomic mass is 79.9. The van der Waals surface area contributed by atoms with Gasteiger partial charge in [-0.3, -0.25) is 0 Å². The molecule has 2 fully saturated rings. The van der Waals surface area contributed by atoms with E-state index >= 15 is 0 Å². The largest absolute Gasteiger partial charge is 0.393 e. The number of rotatable bonds is 6. The smallest absolute Gasteiger partial charge is 0.227 e. The van der Waals surface area contributed by atoms with Crippen molar-refractivity contribution in [3.05, 3.63) is 29.0 Å². The molecule has 2 aromatic heterocycles. The van der Waals surface area contributed by atoms with E-state index in [0.717, 1.165) is 44.2 Å². The predicted molar refractivity (Wildman–Crippen MR) is 126 cm³/mol. The van der Waals surface area contributed by atoms with E-state index in [2.05, 4.69) is 41.1 Å². The van der Waals surface area contributed by atoms with Crippen LogP contribution in [0, 0.1) is 0 Å². The molecule has 11 heteroatoms. The Hall–Kier alpha value is -2.24. The van der Waals surface area contributed by atoms with Gasteiger partial charge in [-0.2, -0.15) is 9.97 Å². The quantitative estimate of drug-likeness (QED) is 0.448. The molecule has 0 spiro atoms. The molecule has 0 atom stereocenters. The average molecular weight is 521 g/mol. The third kappa shape index (κ3) is 4.60. The molecule has 32 heavy (non-hydrogen) atoms. The number of aliphatic hydroxyl groups is 1. The Balaban J connectivity index is 1.52. The van der Waals surface area contributed by atoms with E-state index in [1.54, 1.807) is 24.5 Å². The van der Waals surface area contributed by atoms with Crippen molar-refractivity contribution in [2.75, 3.05) is 16.9 Å². The van der Waals surface area contributed by atoms with E-state index in [9.17, 15) is 13.5 Å². The lowest BCUT2D eigenvalue weighted by molar-refractivity contribution is 0.126. The Labute approximate surface area is 194 Å². The number of anilines is 3. The van der Waals surface area contributed by atoms with Crippen molar-refractivity contribution in [2.45, 2.75) is 61.6 Å². The van der Waals surface area contributed by atoms with Gasteiger partial charge in [-0.1, -0.05) is 15.9 Å². The minimum atomic E-state index is -3.37. The second-order valence-corrected chi connectivity index (χ2v) is 11.6. The maximum absolute atomic E-state index is 12.1. The fraction of sp³-hybridized carbons (Fsp3) is 0.476. The molecule has 1 aromatic carbocycles. The third-order valence-corrected chi connectivity index (χ3v) is 7.50. The molecule has 9 nitrogen and oxygen atoms in total. The summed E-state index contributed by atoms with van der Waals surface area (Å²) in [6, 6.07) is 5.56. The third-order valence-electron chi connectivity index (χ3n) is 5.95. The summed E-state index contributed by atoms with van der Waals surface area (Å²) < 4.78 is 26.9. The first-order valence-electron chi connectivity index (χ1n) is 10.7. The van der Waals surface area contributed by atoms with Crippen LogP contribution >= 0.6 is 15.9 Å². The number of imidazole rings is 1. The monoisotopic (exact) mass is 520 g/mol. The Morgan fingerprint density at radius 1 is 1.09 bits per heavy atom. The maximum Gasteiger partial charge on any atom is 0.227 e. The van der Waals surface area contributed by atoms with Crippen molar-refractivity contribution in [1.82, 2.24) is 19.5 Å². The number of aliphatic hydroxyl groups excluding tert-OH is 1. The fourth-order valence-electron chi connectivity index (χ4n) is 4.08. The lowest BCUT2D eigenvalue weighted by Crippen LogP contribution is -2.29. The Morgan fingerprint density at radius 2 is 1.84 bits per heavy atom. The molecule has 0 amide bonds. The van der Waals surface area contributed by atoms with E-state index < -0.39 is 9.84 Å². The first kappa shape index (κ1) is 21.6. The number of benzene rings is 1. The molecule has 2 heterocycles. The molecule has 0 aliphatic heterocycles. The van der Waals surface area contributed by atoms with Crippen LogP contribution in [0.25, 0.3) is 11.2 Å². The predicted octanol–water partition coefficient (Wildman–Crippen LogP) is 3.79. The van der Waals surface area contributed by atoms with E-state index in [4.69, 9.17) is 4.98 Å². The molecule has 0 saturated heterocycles. The number of nitrogens with zero attached hydrogens (tertiary/aromatic N) is 4. The van der Waals surface area contributed by atoms with Crippen molar-refractivity contribution in [3.63, 3.8) is 0 Å². The van der Waals surface area contributed by atoms with Crippen LogP contribution in [0.3, 0.4) is 0 Å². The first-order valence-corrected chi connectivity index (χ1v) is 13.4. The van der Waals surface area contributed by atoms with Gasteiger partial charge in [0.1, 0.15) is 0 Å². The van der Waals surface area contributed by atoms with Crippen LogP contribution in [0.4, 0.5) is 17.5 Å². The average Bonchev–Trinajstić information content (AvgIpc) is 3.48. The van der Waals surface area contributed by atoms with Crippen molar-refractivity contribution < 1.29 is 13.5 Å². The van der Waals surface area contributed by atoms with Gasteiger partial charge in [-0.15, -0.1) is 0 Å². The number of nitrogens with one attached hydrogen (secondary N) is 2. The fourth-order valence-corrected chi connectivity index (χ4v) is 5.40. The van der Waals surface area contributed by atoms with E-state index in [1.165, 1.54) is 6.26 Å². The lowest BCUT2D eigenvalue weighted by Gasteiger charge is -2.26. The molecule has 5 rings (SSSR count). The van der Waals surface area contributed by atoms with Crippen LogP contribution in [0.5, 0.6) is 0 Å². The second kappa shape index (κ2) is 8.27. The van der Waals surface area contributed by atoms with Gasteiger partial charge in [0, 0.05) is 28.5 Å². The highest BCUT2D eigenvalue weighted by molar-refractivity contribution is 9.10. The van der Waals surface area contributed by atoms with Gasteiger partial charge in [-0.05, 0) is 56.7 Å². The van der Waals surface area contributed by atoms with Crippen molar-refractivity contribution in [3.8, 4) is 0 Å². The van der Waals surface area contributed by atoms with Crippen LogP contribution < -0.4 is 10.6 Å². The van der Waals surface area contributed by atoms with Crippen molar-refractivity contribution in [1.29, 1.82) is 0 Å². The van der Waals surface area contributed by atoms with Crippen LogP contribution in [0.2, 0.25) is 0 Å². The number of fused-ring (bicyclic) bond motifs is 1. The van der Waals surface area contributed by atoms with Crippen LogP contribution in [0.1, 0.15) is 44.6 Å². The van der Waals surface area contributed by atoms with Crippen LogP contribution in [0.15, 0.2) is 33.9 Å². The Kier molecular flexibility index (Phi) is 5.58. The van der Waals surface area contributed by atoms with Gasteiger partial charge in [0.15, 0.2) is 26.8 Å². The molecule has 2 aliphatic carbocycles. The van der Waals surface area contributed by atoms with E-state index in [0.29, 0.717) is 33.5 Å². The number of hydrogen-bond acceptors (Lipinski definition) is 8. The zero-order valence-corrected chi connectivity index (χ0v) is 20.0. The van der Waals surface area contributed by atoms with E-state index in [-0.39, 0.29) is 17.0 Å². The highest BCUT2D eigenvalue weighted by Crippen LogP contribution is 2.38. The molecule has 170 valence electrons. The summed E-state index contributed by atoms with van der Waals surface area (Å²) >= 11 is 3.40. The second-order valence-electron chi connectivity index (χ2n) is 8.67. The first-order chi connectivity index (χ1) is 15.3. The zero-order valence-electron chi connectivity index (χ0n) is 17.6. The summed E-state index contributed by atoms with van der Waals surface area (Å²) in [6.45, 7) is 0. The maximum atomic E-state index is 12.1. The van der Waals surface area contributed by atoms with Crippen molar-refractivity contribution in [2.24, 2.45) is 0 Å². The van der Waals surface area contributed by atoms with Crippen molar-refractivity contribution >= 4 is 54.4 Å². The summed E-state index contributed by atoms with van der Waals surface area (Å²) in [4.78, 5) is 14.2. The van der Waals surface area contributed by atoms with Gasteiger partial charge >= 0.3 is 0 Å². The molecule has 2 aliphatic rings. The summed E-state index contributed by atoms with van der Waals surface area (Å²) in [6.07, 6.45) is 8.19. The normalized spacial score (nSPS) is 21.6. The van der Waals surface area contributed by atoms with Gasteiger partial charge in [0.25, 0.3) is 0 Å². The van der Waals surface area contributed by atoms with E-state index in [1.807, 2.05) is 0 Å². The molecule has 3 N–H and O–H groups in total. The number of halogens is 1. The lowest BCUT2D eigenvalue weighted by atomic mass is 9.93. The summed E-state index contributed by atoms with van der Waals surface area (Å²) in [5.41, 5.74) is 1.98.